The van der Waals surface area contributed by atoms with Crippen LogP contribution in [0.1, 0.15) is 70.8 Å². The van der Waals surface area contributed by atoms with E-state index in [0.29, 0.717) is 6.61 Å². The maximum absolute atomic E-state index is 8.63. The second-order valence-corrected chi connectivity index (χ2v) is 35.6. The molecule has 0 N–H and O–H groups in total. The van der Waals surface area contributed by atoms with Crippen molar-refractivity contribution >= 4 is 30.5 Å². The zero-order chi connectivity index (χ0) is 78.7. The highest BCUT2D eigenvalue weighted by Crippen LogP contribution is 2.44. The van der Waals surface area contributed by atoms with E-state index >= 15 is 0 Å². The Labute approximate surface area is 683 Å². The number of benzene rings is 11. The first-order valence-electron chi connectivity index (χ1n) is 40.0. The minimum Gasteiger partial charge on any atom is -0.399 e. The van der Waals surface area contributed by atoms with E-state index in [2.05, 4.69) is 178 Å². The molecule has 0 aliphatic carbocycles. The Morgan fingerprint density at radius 1 is 0.261 bits per heavy atom. The third-order valence-corrected chi connectivity index (χ3v) is 27.1. The van der Waals surface area contributed by atoms with Gasteiger partial charge in [-0.3, -0.25) is 0 Å². The molecule has 11 aromatic carbocycles. The van der Waals surface area contributed by atoms with Crippen molar-refractivity contribution in [2.24, 2.45) is 0 Å². The molecule has 17 heteroatoms. The second kappa shape index (κ2) is 42.5. The van der Waals surface area contributed by atoms with Gasteiger partial charge in [0, 0.05) is 0 Å². The number of hydrogen-bond donors (Lipinski definition) is 0. The van der Waals surface area contributed by atoms with E-state index in [1.165, 1.54) is 11.8 Å². The van der Waals surface area contributed by atoms with Gasteiger partial charge in [-0.05, 0) is 71.7 Å². The molecule has 14 rings (SSSR count). The van der Waals surface area contributed by atoms with E-state index in [-0.39, 0.29) is 72.7 Å². The second-order valence-electron chi connectivity index (χ2n) is 30.4. The van der Waals surface area contributed by atoms with Crippen LogP contribution in [0.3, 0.4) is 0 Å². The molecule has 115 heavy (non-hydrogen) atoms. The molecule has 0 spiro atoms. The summed E-state index contributed by atoms with van der Waals surface area (Å²) in [7, 11) is -3.63. The third-order valence-electron chi connectivity index (χ3n) is 21.2. The summed E-state index contributed by atoms with van der Waals surface area (Å²) in [5, 5.41) is 1.56. The van der Waals surface area contributed by atoms with Crippen molar-refractivity contribution in [3.8, 4) is 0 Å². The average Bonchev–Trinajstić information content (AvgIpc) is 0.722. The number of rotatable bonds is 39. The molecular formula is C98H106O15SSi. The van der Waals surface area contributed by atoms with Crippen molar-refractivity contribution in [2.75, 3.05) is 26.1 Å². The molecule has 598 valence electrons. The van der Waals surface area contributed by atoms with E-state index in [0.717, 1.165) is 60.4 Å². The van der Waals surface area contributed by atoms with Crippen LogP contribution in [0.5, 0.6) is 0 Å². The molecule has 11 aromatic rings. The number of ether oxygens (including phenoxy) is 14. The van der Waals surface area contributed by atoms with Gasteiger partial charge < -0.3 is 70.7 Å². The molecular weight excluding hydrogens is 1480 g/mol. The molecule has 3 saturated heterocycles. The van der Waals surface area contributed by atoms with Crippen molar-refractivity contribution in [1.82, 2.24) is 0 Å². The molecule has 0 radical (unpaired) electrons. The van der Waals surface area contributed by atoms with Gasteiger partial charge >= 0.3 is 0 Å². The molecule has 0 aromatic heterocycles. The Kier molecular flexibility index (Phi) is 30.6. The molecule has 3 aliphatic heterocycles. The number of hydrogen-bond acceptors (Lipinski definition) is 16. The lowest BCUT2D eigenvalue weighted by Gasteiger charge is -2.54. The maximum Gasteiger partial charge on any atom is 0.261 e. The van der Waals surface area contributed by atoms with Crippen LogP contribution in [-0.4, -0.2) is 126 Å². The summed E-state index contributed by atoms with van der Waals surface area (Å²) >= 11 is 1.50. The summed E-state index contributed by atoms with van der Waals surface area (Å²) in [4.78, 5) is 0. The molecule has 0 unspecified atom stereocenters. The largest absolute Gasteiger partial charge is 0.399 e. The van der Waals surface area contributed by atoms with Crippen molar-refractivity contribution in [3.05, 3.63) is 384 Å². The summed E-state index contributed by atoms with van der Waals surface area (Å²) in [5.74, 6) is 0. The van der Waals surface area contributed by atoms with Crippen LogP contribution >= 0.6 is 11.8 Å². The lowest BCUT2D eigenvalue weighted by molar-refractivity contribution is -0.392. The molecule has 3 fully saturated rings. The Hall–Kier alpha value is -8.61. The minimum absolute atomic E-state index is 0.0365. The molecule has 3 aliphatic rings. The summed E-state index contributed by atoms with van der Waals surface area (Å²) in [6.07, 6.45) is -12.0. The standard InChI is InChI=1S/C98H106O15SSi/c1-98(2,3)115(81-56-34-14-35-57-81,82-58-36-15-37-59-82)113-91-88(104-65-77-48-26-10-27-49-77)84(70-100-61-73-40-18-6-19-41-73)108-95(92(91)107-68-80-54-32-13-33-55-80)111-93-89(105-66-78-50-28-11-29-51-78)86(102-63-75-44-22-8-23-45-75)83(69-99-60-72-38-16-5-17-39-72)109-96(93)112-94-90(106-67-79-52-30-12-31-53-79)87(103-64-76-46-24-9-25-47-76)85(110-97(94)114-4)71-101-62-74-42-20-7-21-43-74/h5-59,83-97H,60-71H2,1-4H3/t83-,84-,85-,86-,87-,88-,89+,90+,91+,92+,93+,94+,95-,96-,97-/m1/s1. The lowest BCUT2D eigenvalue weighted by atomic mass is 9.95. The normalized spacial score (nSPS) is 23.8. The fourth-order valence-corrected chi connectivity index (χ4v) is 20.9. The fraction of sp³-hybridized carbons (Fsp3) is 0.327. The van der Waals surface area contributed by atoms with E-state index < -0.39 is 105 Å². The summed E-state index contributed by atoms with van der Waals surface area (Å²) in [5.41, 5.74) is 7.87. The van der Waals surface area contributed by atoms with Gasteiger partial charge in [0.15, 0.2) is 12.6 Å². The molecule has 0 bridgehead atoms. The maximum atomic E-state index is 8.63. The van der Waals surface area contributed by atoms with E-state index in [9.17, 15) is 0 Å². The minimum atomic E-state index is -3.63. The predicted molar refractivity (Wildman–Crippen MR) is 450 cm³/mol. The first-order chi connectivity index (χ1) is 56.6. The Bertz CT molecular complexity index is 4480. The molecule has 0 amide bonds. The average molecular weight is 1580 g/mol. The monoisotopic (exact) mass is 1580 g/mol. The van der Waals surface area contributed by atoms with E-state index in [4.69, 9.17) is 70.7 Å². The Balaban J connectivity index is 0.954. The van der Waals surface area contributed by atoms with Crippen LogP contribution in [0.15, 0.2) is 334 Å². The van der Waals surface area contributed by atoms with Crippen LogP contribution in [0, 0.1) is 0 Å². The van der Waals surface area contributed by atoms with E-state index in [1.54, 1.807) is 0 Å². The van der Waals surface area contributed by atoms with Crippen LogP contribution in [0.25, 0.3) is 0 Å². The van der Waals surface area contributed by atoms with Gasteiger partial charge in [-0.15, -0.1) is 11.8 Å². The molecule has 15 atom stereocenters. The van der Waals surface area contributed by atoms with Gasteiger partial charge in [-0.2, -0.15) is 0 Å². The molecule has 15 nitrogen and oxygen atoms in total. The highest BCUT2D eigenvalue weighted by molar-refractivity contribution is 7.99. The molecule has 3 heterocycles. The van der Waals surface area contributed by atoms with Gasteiger partial charge in [0.25, 0.3) is 8.32 Å². The van der Waals surface area contributed by atoms with Gasteiger partial charge in [0.05, 0.1) is 79.3 Å². The van der Waals surface area contributed by atoms with Crippen LogP contribution < -0.4 is 10.4 Å². The Morgan fingerprint density at radius 3 is 0.791 bits per heavy atom. The van der Waals surface area contributed by atoms with Crippen molar-refractivity contribution in [2.45, 2.75) is 177 Å². The number of thioether (sulfide) groups is 1. The topological polar surface area (TPSA) is 138 Å². The van der Waals surface area contributed by atoms with Crippen LogP contribution in [0.2, 0.25) is 5.04 Å². The van der Waals surface area contributed by atoms with Crippen molar-refractivity contribution < 1.29 is 70.7 Å². The quantitative estimate of drug-likeness (QED) is 0.0337. The van der Waals surface area contributed by atoms with Crippen molar-refractivity contribution in [1.29, 1.82) is 0 Å². The zero-order valence-corrected chi connectivity index (χ0v) is 67.7. The SMILES string of the molecule is CS[C@H]1O[C@H](COCc2ccccc2)[C@@H](OCc2ccccc2)[C@H](OCc2ccccc2)[C@@H]1O[C@H]1O[C@H](COCc2ccccc2)[C@@H](OCc2ccccc2)[C@H](OCc2ccccc2)[C@@H]1O[C@H]1O[C@H](COCc2ccccc2)[C@@H](OCc2ccccc2)[C@H](O[Si](c2ccccc2)(c2ccccc2)C(C)(C)C)[C@@H]1OCc1ccccc1. The summed E-state index contributed by atoms with van der Waals surface area (Å²) < 4.78 is 114. The van der Waals surface area contributed by atoms with Gasteiger partial charge in [-0.1, -0.05) is 354 Å². The van der Waals surface area contributed by atoms with Gasteiger partial charge in [0.1, 0.15) is 78.7 Å². The first kappa shape index (κ1) is 82.9. The third kappa shape index (κ3) is 22.6. The predicted octanol–water partition coefficient (Wildman–Crippen LogP) is 17.4. The summed E-state index contributed by atoms with van der Waals surface area (Å²) in [6.45, 7) is 8.98. The van der Waals surface area contributed by atoms with Gasteiger partial charge in [-0.25, -0.2) is 0 Å². The van der Waals surface area contributed by atoms with E-state index in [1.807, 2.05) is 182 Å². The van der Waals surface area contributed by atoms with Crippen molar-refractivity contribution in [3.63, 3.8) is 0 Å². The van der Waals surface area contributed by atoms with Gasteiger partial charge in [0.2, 0.25) is 0 Å². The first-order valence-corrected chi connectivity index (χ1v) is 43.2. The Morgan fingerprint density at radius 2 is 0.496 bits per heavy atom. The fourth-order valence-electron chi connectivity index (χ4n) is 15.4. The van der Waals surface area contributed by atoms with Crippen LogP contribution in [0.4, 0.5) is 0 Å². The zero-order valence-electron chi connectivity index (χ0n) is 65.9. The highest BCUT2D eigenvalue weighted by Gasteiger charge is 2.61. The smallest absolute Gasteiger partial charge is 0.261 e. The highest BCUT2D eigenvalue weighted by atomic mass is 32.2. The lowest BCUT2D eigenvalue weighted by Crippen LogP contribution is -2.73. The van der Waals surface area contributed by atoms with Crippen LogP contribution in [-0.2, 0) is 130 Å². The summed E-state index contributed by atoms with van der Waals surface area (Å²) in [6, 6.07) is 113. The molecule has 0 saturated carbocycles.